The molecule has 1 saturated heterocycles. The second kappa shape index (κ2) is 8.29. The van der Waals surface area contributed by atoms with Crippen LogP contribution in [0.1, 0.15) is 23.2 Å². The van der Waals surface area contributed by atoms with Crippen molar-refractivity contribution in [2.45, 2.75) is 18.4 Å². The van der Waals surface area contributed by atoms with E-state index >= 15 is 0 Å². The van der Waals surface area contributed by atoms with E-state index in [-0.39, 0.29) is 12.5 Å². The van der Waals surface area contributed by atoms with Crippen molar-refractivity contribution >= 4 is 5.91 Å². The van der Waals surface area contributed by atoms with Crippen molar-refractivity contribution in [3.8, 4) is 5.75 Å². The average Bonchev–Trinajstić information content (AvgIpc) is 2.61. The Morgan fingerprint density at radius 2 is 2.17 bits per heavy atom. The zero-order valence-corrected chi connectivity index (χ0v) is 13.8. The average molecular weight is 323 g/mol. The molecular formula is C17H25NO5. The minimum Gasteiger partial charge on any atom is -0.491 e. The zero-order chi connectivity index (χ0) is 16.7. The van der Waals surface area contributed by atoms with Crippen LogP contribution in [0.3, 0.4) is 0 Å². The lowest BCUT2D eigenvalue weighted by molar-refractivity contribution is -0.0883. The van der Waals surface area contributed by atoms with E-state index in [2.05, 4.69) is 0 Å². The van der Waals surface area contributed by atoms with Crippen LogP contribution >= 0.6 is 0 Å². The Balaban J connectivity index is 2.06. The second-order valence-corrected chi connectivity index (χ2v) is 5.74. The van der Waals surface area contributed by atoms with Crippen LogP contribution in [0.15, 0.2) is 24.3 Å². The molecular weight excluding hydrogens is 298 g/mol. The molecule has 0 bridgehead atoms. The van der Waals surface area contributed by atoms with Crippen molar-refractivity contribution in [2.24, 2.45) is 0 Å². The standard InChI is InChI=1S/C17H25NO5/c1-21-9-10-23-15-6-3-5-14(11-15)16(20)18-8-4-7-17(12-18,13-19)22-2/h3,5-6,11,19H,4,7-10,12-13H2,1-2H3. The molecule has 23 heavy (non-hydrogen) atoms. The van der Waals surface area contributed by atoms with Crippen molar-refractivity contribution in [2.75, 3.05) is 47.1 Å². The van der Waals surface area contributed by atoms with Crippen LogP contribution in [0.25, 0.3) is 0 Å². The number of hydrogen-bond acceptors (Lipinski definition) is 5. The van der Waals surface area contributed by atoms with Crippen molar-refractivity contribution in [3.05, 3.63) is 29.8 Å². The SMILES string of the molecule is COCCOc1cccc(C(=O)N2CCCC(CO)(OC)C2)c1. The van der Waals surface area contributed by atoms with E-state index in [4.69, 9.17) is 14.2 Å². The van der Waals surface area contributed by atoms with Gasteiger partial charge in [-0.3, -0.25) is 4.79 Å². The van der Waals surface area contributed by atoms with Gasteiger partial charge >= 0.3 is 0 Å². The van der Waals surface area contributed by atoms with Crippen molar-refractivity contribution in [1.82, 2.24) is 4.90 Å². The summed E-state index contributed by atoms with van der Waals surface area (Å²) in [4.78, 5) is 14.4. The summed E-state index contributed by atoms with van der Waals surface area (Å²) in [5, 5.41) is 9.58. The molecule has 128 valence electrons. The highest BCUT2D eigenvalue weighted by Crippen LogP contribution is 2.26. The van der Waals surface area contributed by atoms with Gasteiger partial charge in [0.25, 0.3) is 5.91 Å². The van der Waals surface area contributed by atoms with E-state index in [0.717, 1.165) is 12.8 Å². The predicted molar refractivity (Wildman–Crippen MR) is 85.8 cm³/mol. The molecule has 1 aliphatic heterocycles. The number of carbonyl (C=O) groups is 1. The topological polar surface area (TPSA) is 68.2 Å². The number of carbonyl (C=O) groups excluding carboxylic acids is 1. The molecule has 2 rings (SSSR count). The molecule has 0 spiro atoms. The first-order chi connectivity index (χ1) is 11.1. The maximum absolute atomic E-state index is 12.7. The molecule has 0 aromatic heterocycles. The van der Waals surface area contributed by atoms with Gasteiger partial charge in [0.2, 0.25) is 0 Å². The van der Waals surface area contributed by atoms with Crippen LogP contribution in [-0.4, -0.2) is 68.6 Å². The number of piperidine rings is 1. The fourth-order valence-corrected chi connectivity index (χ4v) is 2.78. The van der Waals surface area contributed by atoms with Gasteiger partial charge in [-0.2, -0.15) is 0 Å². The smallest absolute Gasteiger partial charge is 0.254 e. The number of aliphatic hydroxyl groups is 1. The Bertz CT molecular complexity index is 515. The number of nitrogens with zero attached hydrogens (tertiary/aromatic N) is 1. The lowest BCUT2D eigenvalue weighted by Crippen LogP contribution is -2.53. The molecule has 1 atom stereocenters. The van der Waals surface area contributed by atoms with E-state index in [1.165, 1.54) is 0 Å². The van der Waals surface area contributed by atoms with Gasteiger partial charge < -0.3 is 24.2 Å². The Morgan fingerprint density at radius 3 is 2.87 bits per heavy atom. The van der Waals surface area contributed by atoms with Gasteiger partial charge in [0.15, 0.2) is 0 Å². The number of methoxy groups -OCH3 is 2. The monoisotopic (exact) mass is 323 g/mol. The summed E-state index contributed by atoms with van der Waals surface area (Å²) in [6, 6.07) is 7.12. The third kappa shape index (κ3) is 4.43. The maximum Gasteiger partial charge on any atom is 0.254 e. The van der Waals surface area contributed by atoms with E-state index in [1.54, 1.807) is 37.3 Å². The molecule has 0 radical (unpaired) electrons. The second-order valence-electron chi connectivity index (χ2n) is 5.74. The molecule has 1 unspecified atom stereocenters. The van der Waals surface area contributed by atoms with Gasteiger partial charge in [-0.15, -0.1) is 0 Å². The van der Waals surface area contributed by atoms with Crippen LogP contribution in [0, 0.1) is 0 Å². The fourth-order valence-electron chi connectivity index (χ4n) is 2.78. The predicted octanol–water partition coefficient (Wildman–Crippen LogP) is 1.33. The molecule has 0 saturated carbocycles. The summed E-state index contributed by atoms with van der Waals surface area (Å²) < 4.78 is 15.9. The van der Waals surface area contributed by atoms with Gasteiger partial charge in [-0.1, -0.05) is 6.07 Å². The fraction of sp³-hybridized carbons (Fsp3) is 0.588. The number of aliphatic hydroxyl groups excluding tert-OH is 1. The van der Waals surface area contributed by atoms with E-state index in [0.29, 0.717) is 37.6 Å². The Kier molecular flexibility index (Phi) is 6.38. The maximum atomic E-state index is 12.7. The summed E-state index contributed by atoms with van der Waals surface area (Å²) in [7, 11) is 3.19. The largest absolute Gasteiger partial charge is 0.491 e. The van der Waals surface area contributed by atoms with Crippen molar-refractivity contribution < 1.29 is 24.1 Å². The summed E-state index contributed by atoms with van der Waals surface area (Å²) in [5.41, 5.74) is -0.0784. The molecule has 1 N–H and O–H groups in total. The number of hydrogen-bond donors (Lipinski definition) is 1. The highest BCUT2D eigenvalue weighted by molar-refractivity contribution is 5.94. The summed E-state index contributed by atoms with van der Waals surface area (Å²) in [5.74, 6) is 0.571. The number of likely N-dealkylation sites (tertiary alicyclic amines) is 1. The Hall–Kier alpha value is -1.63. The first-order valence-corrected chi connectivity index (χ1v) is 7.81. The van der Waals surface area contributed by atoms with Crippen LogP contribution in [0.4, 0.5) is 0 Å². The minimum absolute atomic E-state index is 0.0724. The van der Waals surface area contributed by atoms with Crippen molar-refractivity contribution in [3.63, 3.8) is 0 Å². The first-order valence-electron chi connectivity index (χ1n) is 7.81. The number of rotatable bonds is 7. The van der Waals surface area contributed by atoms with Gasteiger partial charge in [-0.05, 0) is 31.0 Å². The third-order valence-electron chi connectivity index (χ3n) is 4.18. The molecule has 1 aromatic carbocycles. The van der Waals surface area contributed by atoms with Gasteiger partial charge in [0.05, 0.1) is 19.8 Å². The molecule has 1 amide bonds. The minimum atomic E-state index is -0.652. The molecule has 0 aliphatic carbocycles. The van der Waals surface area contributed by atoms with Gasteiger partial charge in [0.1, 0.15) is 18.0 Å². The molecule has 1 heterocycles. The molecule has 6 nitrogen and oxygen atoms in total. The lowest BCUT2D eigenvalue weighted by Gasteiger charge is -2.40. The van der Waals surface area contributed by atoms with E-state index in [9.17, 15) is 9.90 Å². The highest BCUT2D eigenvalue weighted by atomic mass is 16.5. The van der Waals surface area contributed by atoms with E-state index < -0.39 is 5.60 Å². The van der Waals surface area contributed by atoms with E-state index in [1.807, 2.05) is 6.07 Å². The normalized spacial score (nSPS) is 21.3. The van der Waals surface area contributed by atoms with Crippen LogP contribution in [-0.2, 0) is 9.47 Å². The molecule has 1 fully saturated rings. The first kappa shape index (κ1) is 17.7. The highest BCUT2D eigenvalue weighted by Gasteiger charge is 2.37. The number of amides is 1. The van der Waals surface area contributed by atoms with Gasteiger partial charge in [0, 0.05) is 26.3 Å². The van der Waals surface area contributed by atoms with Crippen LogP contribution in [0.2, 0.25) is 0 Å². The Morgan fingerprint density at radius 1 is 1.35 bits per heavy atom. The number of ether oxygens (including phenoxy) is 3. The summed E-state index contributed by atoms with van der Waals surface area (Å²) >= 11 is 0. The number of benzene rings is 1. The van der Waals surface area contributed by atoms with Crippen LogP contribution in [0.5, 0.6) is 5.75 Å². The molecule has 6 heteroatoms. The summed E-state index contributed by atoms with van der Waals surface area (Å²) in [6.07, 6.45) is 1.56. The molecule has 1 aliphatic rings. The van der Waals surface area contributed by atoms with Gasteiger partial charge in [-0.25, -0.2) is 0 Å². The third-order valence-corrected chi connectivity index (χ3v) is 4.18. The van der Waals surface area contributed by atoms with Crippen molar-refractivity contribution in [1.29, 1.82) is 0 Å². The quantitative estimate of drug-likeness (QED) is 0.767. The molecule has 1 aromatic rings. The lowest BCUT2D eigenvalue weighted by atomic mass is 9.93. The summed E-state index contributed by atoms with van der Waals surface area (Å²) in [6.45, 7) is 1.91. The van der Waals surface area contributed by atoms with Crippen LogP contribution < -0.4 is 4.74 Å². The Labute approximate surface area is 136 Å². The zero-order valence-electron chi connectivity index (χ0n) is 13.8.